The molecule has 4 nitrogen and oxygen atoms in total. The van der Waals surface area contributed by atoms with Crippen LogP contribution in [-0.4, -0.2) is 29.9 Å². The van der Waals surface area contributed by atoms with Crippen molar-refractivity contribution < 1.29 is 4.79 Å². The number of amides is 1. The van der Waals surface area contributed by atoms with Gasteiger partial charge in [0, 0.05) is 44.8 Å². The third-order valence-corrected chi connectivity index (χ3v) is 4.39. The van der Waals surface area contributed by atoms with Gasteiger partial charge in [-0.05, 0) is 29.7 Å². The lowest BCUT2D eigenvalue weighted by molar-refractivity contribution is -0.114. The third kappa shape index (κ3) is 4.91. The van der Waals surface area contributed by atoms with Crippen molar-refractivity contribution in [3.63, 3.8) is 0 Å². The van der Waals surface area contributed by atoms with Crippen LogP contribution in [0, 0.1) is 0 Å². The van der Waals surface area contributed by atoms with E-state index in [4.69, 9.17) is 0 Å². The Morgan fingerprint density at radius 3 is 2.54 bits per heavy atom. The van der Waals surface area contributed by atoms with Gasteiger partial charge in [-0.2, -0.15) is 0 Å². The molecule has 0 aliphatic carbocycles. The topological polar surface area (TPSA) is 44.4 Å². The Morgan fingerprint density at radius 1 is 1.08 bits per heavy atom. The number of nitrogens with zero attached hydrogens (tertiary/aromatic N) is 1. The Labute approximate surface area is 143 Å². The van der Waals surface area contributed by atoms with Gasteiger partial charge in [-0.1, -0.05) is 42.5 Å². The second-order valence-corrected chi connectivity index (χ2v) is 6.47. The SMILES string of the molecule is CC(=O)Nc1ccc(CNC2CCN(Cc3ccccc3)C2)cc1. The monoisotopic (exact) mass is 323 g/mol. The van der Waals surface area contributed by atoms with Gasteiger partial charge in [0.05, 0.1) is 0 Å². The Hall–Kier alpha value is -2.17. The number of anilines is 1. The number of hydrogen-bond acceptors (Lipinski definition) is 3. The maximum atomic E-state index is 11.0. The van der Waals surface area contributed by atoms with Crippen LogP contribution in [0.25, 0.3) is 0 Å². The summed E-state index contributed by atoms with van der Waals surface area (Å²) < 4.78 is 0. The molecular weight excluding hydrogens is 298 g/mol. The van der Waals surface area contributed by atoms with Crippen LogP contribution in [0.1, 0.15) is 24.5 Å². The number of benzene rings is 2. The predicted octanol–water partition coefficient (Wildman–Crippen LogP) is 3.01. The Balaban J connectivity index is 1.43. The predicted molar refractivity (Wildman–Crippen MR) is 97.7 cm³/mol. The van der Waals surface area contributed by atoms with Crippen molar-refractivity contribution in [2.45, 2.75) is 32.5 Å². The van der Waals surface area contributed by atoms with Gasteiger partial charge in [-0.3, -0.25) is 9.69 Å². The van der Waals surface area contributed by atoms with Crippen LogP contribution in [0.15, 0.2) is 54.6 Å². The molecule has 0 bridgehead atoms. The normalized spacial score (nSPS) is 17.8. The lowest BCUT2D eigenvalue weighted by Crippen LogP contribution is -2.31. The fraction of sp³-hybridized carbons (Fsp3) is 0.350. The second kappa shape index (κ2) is 8.08. The highest BCUT2D eigenvalue weighted by atomic mass is 16.1. The first kappa shape index (κ1) is 16.7. The first-order valence-corrected chi connectivity index (χ1v) is 8.55. The molecule has 1 aliphatic heterocycles. The fourth-order valence-corrected chi connectivity index (χ4v) is 3.16. The van der Waals surface area contributed by atoms with Crippen LogP contribution in [0.2, 0.25) is 0 Å². The molecule has 1 amide bonds. The van der Waals surface area contributed by atoms with Crippen LogP contribution in [-0.2, 0) is 17.9 Å². The summed E-state index contributed by atoms with van der Waals surface area (Å²) in [6.07, 6.45) is 1.19. The van der Waals surface area contributed by atoms with E-state index in [0.29, 0.717) is 6.04 Å². The molecule has 1 unspecified atom stereocenters. The quantitative estimate of drug-likeness (QED) is 0.859. The van der Waals surface area contributed by atoms with Gasteiger partial charge >= 0.3 is 0 Å². The Morgan fingerprint density at radius 2 is 1.83 bits per heavy atom. The maximum Gasteiger partial charge on any atom is 0.221 e. The average Bonchev–Trinajstić information content (AvgIpc) is 3.02. The Bertz CT molecular complexity index is 654. The summed E-state index contributed by atoms with van der Waals surface area (Å²) in [4.78, 5) is 13.5. The highest BCUT2D eigenvalue weighted by molar-refractivity contribution is 5.88. The summed E-state index contributed by atoms with van der Waals surface area (Å²) in [6, 6.07) is 19.2. The zero-order chi connectivity index (χ0) is 16.8. The summed E-state index contributed by atoms with van der Waals surface area (Å²) in [6.45, 7) is 5.66. The molecule has 4 heteroatoms. The summed E-state index contributed by atoms with van der Waals surface area (Å²) in [5.74, 6) is -0.0367. The molecular formula is C20H25N3O. The summed E-state index contributed by atoms with van der Waals surface area (Å²) in [7, 11) is 0. The minimum atomic E-state index is -0.0367. The first-order chi connectivity index (χ1) is 11.7. The van der Waals surface area contributed by atoms with Crippen LogP contribution < -0.4 is 10.6 Å². The lowest BCUT2D eigenvalue weighted by atomic mass is 10.2. The zero-order valence-corrected chi connectivity index (χ0v) is 14.2. The second-order valence-electron chi connectivity index (χ2n) is 6.47. The van der Waals surface area contributed by atoms with Crippen LogP contribution >= 0.6 is 0 Å². The van der Waals surface area contributed by atoms with Crippen molar-refractivity contribution in [3.05, 3.63) is 65.7 Å². The van der Waals surface area contributed by atoms with Crippen LogP contribution in [0.5, 0.6) is 0 Å². The van der Waals surface area contributed by atoms with E-state index in [0.717, 1.165) is 31.9 Å². The number of rotatable bonds is 6. The summed E-state index contributed by atoms with van der Waals surface area (Å²) in [5.41, 5.74) is 3.47. The minimum Gasteiger partial charge on any atom is -0.326 e. The molecule has 126 valence electrons. The standard InChI is InChI=1S/C20H25N3O/c1-16(24)22-19-9-7-17(8-10-19)13-21-20-11-12-23(15-20)14-18-5-3-2-4-6-18/h2-10,20-21H,11-15H2,1H3,(H,22,24). The summed E-state index contributed by atoms with van der Waals surface area (Å²) >= 11 is 0. The van der Waals surface area contributed by atoms with Crippen molar-refractivity contribution in [1.82, 2.24) is 10.2 Å². The molecule has 0 saturated carbocycles. The molecule has 1 saturated heterocycles. The van der Waals surface area contributed by atoms with Crippen molar-refractivity contribution in [1.29, 1.82) is 0 Å². The molecule has 1 aliphatic rings. The van der Waals surface area contributed by atoms with Crippen molar-refractivity contribution in [2.24, 2.45) is 0 Å². The highest BCUT2D eigenvalue weighted by Gasteiger charge is 2.21. The molecule has 0 spiro atoms. The van der Waals surface area contributed by atoms with E-state index < -0.39 is 0 Å². The van der Waals surface area contributed by atoms with E-state index >= 15 is 0 Å². The molecule has 2 N–H and O–H groups in total. The maximum absolute atomic E-state index is 11.0. The molecule has 0 radical (unpaired) electrons. The number of likely N-dealkylation sites (tertiary alicyclic amines) is 1. The Kier molecular flexibility index (Phi) is 5.62. The van der Waals surface area contributed by atoms with Gasteiger partial charge < -0.3 is 10.6 Å². The molecule has 2 aromatic rings. The van der Waals surface area contributed by atoms with E-state index in [9.17, 15) is 4.79 Å². The first-order valence-electron chi connectivity index (χ1n) is 8.55. The molecule has 2 aromatic carbocycles. The smallest absolute Gasteiger partial charge is 0.221 e. The molecule has 1 fully saturated rings. The number of carbonyl (C=O) groups excluding carboxylic acids is 1. The molecule has 24 heavy (non-hydrogen) atoms. The van der Waals surface area contributed by atoms with Gasteiger partial charge in [0.15, 0.2) is 0 Å². The minimum absolute atomic E-state index is 0.0367. The molecule has 1 heterocycles. The zero-order valence-electron chi connectivity index (χ0n) is 14.2. The van der Waals surface area contributed by atoms with E-state index in [2.05, 4.69) is 58.0 Å². The van der Waals surface area contributed by atoms with E-state index in [1.165, 1.54) is 24.5 Å². The van der Waals surface area contributed by atoms with Gasteiger partial charge in [0.1, 0.15) is 0 Å². The van der Waals surface area contributed by atoms with Gasteiger partial charge in [0.25, 0.3) is 0 Å². The van der Waals surface area contributed by atoms with Crippen molar-refractivity contribution >= 4 is 11.6 Å². The number of hydrogen-bond donors (Lipinski definition) is 2. The third-order valence-electron chi connectivity index (χ3n) is 4.39. The van der Waals surface area contributed by atoms with E-state index in [1.54, 1.807) is 0 Å². The highest BCUT2D eigenvalue weighted by Crippen LogP contribution is 2.15. The van der Waals surface area contributed by atoms with Crippen molar-refractivity contribution in [2.75, 3.05) is 18.4 Å². The van der Waals surface area contributed by atoms with Gasteiger partial charge in [-0.15, -0.1) is 0 Å². The van der Waals surface area contributed by atoms with E-state index in [-0.39, 0.29) is 5.91 Å². The molecule has 1 atom stereocenters. The number of nitrogens with one attached hydrogen (secondary N) is 2. The van der Waals surface area contributed by atoms with Crippen LogP contribution in [0.3, 0.4) is 0 Å². The fourth-order valence-electron chi connectivity index (χ4n) is 3.16. The average molecular weight is 323 g/mol. The van der Waals surface area contributed by atoms with Gasteiger partial charge in [0.2, 0.25) is 5.91 Å². The number of carbonyl (C=O) groups is 1. The summed E-state index contributed by atoms with van der Waals surface area (Å²) in [5, 5.41) is 6.44. The van der Waals surface area contributed by atoms with Gasteiger partial charge in [-0.25, -0.2) is 0 Å². The van der Waals surface area contributed by atoms with Crippen molar-refractivity contribution in [3.8, 4) is 0 Å². The van der Waals surface area contributed by atoms with Crippen LogP contribution in [0.4, 0.5) is 5.69 Å². The van der Waals surface area contributed by atoms with E-state index in [1.807, 2.05) is 12.1 Å². The lowest BCUT2D eigenvalue weighted by Gasteiger charge is -2.17. The molecule has 3 rings (SSSR count). The molecule has 0 aromatic heterocycles. The largest absolute Gasteiger partial charge is 0.326 e.